The van der Waals surface area contributed by atoms with Gasteiger partial charge in [-0.05, 0) is 54.5 Å². The van der Waals surface area contributed by atoms with E-state index < -0.39 is 19.1 Å². The normalized spacial score (nSPS) is 18.9. The minimum absolute atomic E-state index is 0.0784. The van der Waals surface area contributed by atoms with E-state index in [4.69, 9.17) is 18.9 Å². The highest BCUT2D eigenvalue weighted by atomic mass is 19.4. The lowest BCUT2D eigenvalue weighted by Gasteiger charge is -2.29. The zero-order valence-electron chi connectivity index (χ0n) is 18.7. The first-order valence-electron chi connectivity index (χ1n) is 11.2. The van der Waals surface area contributed by atoms with Crippen molar-refractivity contribution in [3.8, 4) is 5.75 Å². The minimum Gasteiger partial charge on any atom is -0.484 e. The van der Waals surface area contributed by atoms with Crippen molar-refractivity contribution in [2.24, 2.45) is 0 Å². The second-order valence-corrected chi connectivity index (χ2v) is 8.14. The third-order valence-electron chi connectivity index (χ3n) is 5.61. The molecule has 4 nitrogen and oxygen atoms in total. The molecule has 0 aliphatic carbocycles. The summed E-state index contributed by atoms with van der Waals surface area (Å²) in [7, 11) is 0. The first-order chi connectivity index (χ1) is 16.3. The van der Waals surface area contributed by atoms with Crippen molar-refractivity contribution in [1.29, 1.82) is 0 Å². The highest BCUT2D eigenvalue weighted by molar-refractivity contribution is 5.84. The molecule has 0 atom stereocenters. The topological polar surface area (TPSA) is 36.9 Å². The molecule has 1 saturated heterocycles. The molecule has 182 valence electrons. The molecule has 0 radical (unpaired) electrons. The monoisotopic (exact) mass is 478 g/mol. The summed E-state index contributed by atoms with van der Waals surface area (Å²) < 4.78 is 73.7. The van der Waals surface area contributed by atoms with E-state index in [1.54, 1.807) is 30.3 Å². The van der Waals surface area contributed by atoms with Gasteiger partial charge in [-0.25, -0.2) is 4.39 Å². The van der Waals surface area contributed by atoms with Gasteiger partial charge in [-0.3, -0.25) is 0 Å². The summed E-state index contributed by atoms with van der Waals surface area (Å²) in [5.74, 6) is -0.135. The van der Waals surface area contributed by atoms with Crippen molar-refractivity contribution >= 4 is 10.8 Å². The van der Waals surface area contributed by atoms with Crippen molar-refractivity contribution in [3.05, 3.63) is 77.1 Å². The second-order valence-electron chi connectivity index (χ2n) is 8.14. The average Bonchev–Trinajstić information content (AvgIpc) is 2.83. The highest BCUT2D eigenvalue weighted by Gasteiger charge is 2.28. The maximum atomic E-state index is 15.2. The highest BCUT2D eigenvalue weighted by Crippen LogP contribution is 2.29. The number of aryl methyl sites for hydroxylation is 2. The fourth-order valence-electron chi connectivity index (χ4n) is 3.90. The number of rotatable bonds is 8. The Balaban J connectivity index is 1.38. The molecule has 0 unspecified atom stereocenters. The molecule has 1 heterocycles. The van der Waals surface area contributed by atoms with Crippen molar-refractivity contribution < 1.29 is 36.5 Å². The van der Waals surface area contributed by atoms with E-state index in [1.807, 2.05) is 19.1 Å². The van der Waals surface area contributed by atoms with Crippen LogP contribution in [-0.4, -0.2) is 38.7 Å². The molecule has 1 fully saturated rings. The Kier molecular flexibility index (Phi) is 7.70. The number of benzene rings is 3. The zero-order valence-corrected chi connectivity index (χ0v) is 18.7. The Morgan fingerprint density at radius 1 is 0.941 bits per heavy atom. The molecule has 3 aromatic carbocycles. The van der Waals surface area contributed by atoms with E-state index in [1.165, 1.54) is 12.1 Å². The zero-order chi connectivity index (χ0) is 24.1. The predicted octanol–water partition coefficient (Wildman–Crippen LogP) is 6.16. The number of hydrogen-bond donors (Lipinski definition) is 0. The van der Waals surface area contributed by atoms with Crippen LogP contribution >= 0.6 is 0 Å². The maximum Gasteiger partial charge on any atom is 0.422 e. The smallest absolute Gasteiger partial charge is 0.422 e. The summed E-state index contributed by atoms with van der Waals surface area (Å²) in [6, 6.07) is 15.4. The van der Waals surface area contributed by atoms with Gasteiger partial charge in [0.1, 0.15) is 17.7 Å². The molecule has 1 aliphatic rings. The molecule has 34 heavy (non-hydrogen) atoms. The third-order valence-corrected chi connectivity index (χ3v) is 5.61. The lowest BCUT2D eigenvalue weighted by molar-refractivity contribution is -0.229. The van der Waals surface area contributed by atoms with Crippen LogP contribution in [-0.2, 0) is 27.1 Å². The van der Waals surface area contributed by atoms with Crippen LogP contribution in [0.15, 0.2) is 54.6 Å². The summed E-state index contributed by atoms with van der Waals surface area (Å²) in [4.78, 5) is 0. The Bertz CT molecular complexity index is 1090. The molecule has 0 N–H and O–H groups in total. The van der Waals surface area contributed by atoms with E-state index in [9.17, 15) is 13.2 Å². The Morgan fingerprint density at radius 3 is 2.35 bits per heavy atom. The number of halogens is 4. The van der Waals surface area contributed by atoms with Gasteiger partial charge in [-0.1, -0.05) is 36.4 Å². The Hall–Kier alpha value is -2.68. The van der Waals surface area contributed by atoms with E-state index in [2.05, 4.69) is 0 Å². The number of fused-ring (bicyclic) bond motifs is 1. The molecule has 0 bridgehead atoms. The van der Waals surface area contributed by atoms with Crippen LogP contribution in [0.25, 0.3) is 10.8 Å². The van der Waals surface area contributed by atoms with Crippen LogP contribution < -0.4 is 4.74 Å². The summed E-state index contributed by atoms with van der Waals surface area (Å²) in [6.45, 7) is 2.08. The van der Waals surface area contributed by atoms with E-state index in [-0.39, 0.29) is 17.7 Å². The lowest BCUT2D eigenvalue weighted by Crippen LogP contribution is -2.33. The fraction of sp³-hybridized carbons (Fsp3) is 0.385. The molecule has 1 aliphatic heterocycles. The van der Waals surface area contributed by atoms with Crippen LogP contribution in [0.5, 0.6) is 5.75 Å². The van der Waals surface area contributed by atoms with Crippen LogP contribution in [0.2, 0.25) is 0 Å². The standard InChI is InChI=1S/C26H26F4O4/c1-2-31-22-14-32-25(33-15-22)20-9-12-23-19(13-20)8-7-18(24(23)27)6-3-17-4-10-21(11-5-17)34-16-26(28,29)30/h4-5,7-13,22,25H,2-3,6,14-16H2,1H3. The Labute approximate surface area is 195 Å². The first-order valence-corrected chi connectivity index (χ1v) is 11.2. The molecule has 0 spiro atoms. The summed E-state index contributed by atoms with van der Waals surface area (Å²) >= 11 is 0. The molecule has 4 rings (SSSR count). The van der Waals surface area contributed by atoms with Crippen molar-refractivity contribution in [3.63, 3.8) is 0 Å². The van der Waals surface area contributed by atoms with Crippen molar-refractivity contribution in [2.45, 2.75) is 38.3 Å². The van der Waals surface area contributed by atoms with Gasteiger partial charge in [0, 0.05) is 17.6 Å². The van der Waals surface area contributed by atoms with Gasteiger partial charge in [-0.2, -0.15) is 13.2 Å². The molecular weight excluding hydrogens is 452 g/mol. The summed E-state index contributed by atoms with van der Waals surface area (Å²) in [5, 5.41) is 1.27. The summed E-state index contributed by atoms with van der Waals surface area (Å²) in [6.07, 6.45) is -3.96. The average molecular weight is 478 g/mol. The van der Waals surface area contributed by atoms with E-state index in [0.717, 1.165) is 16.5 Å². The van der Waals surface area contributed by atoms with Crippen LogP contribution in [0.1, 0.15) is 29.9 Å². The minimum atomic E-state index is -4.38. The van der Waals surface area contributed by atoms with Crippen LogP contribution in [0.4, 0.5) is 17.6 Å². The van der Waals surface area contributed by atoms with E-state index >= 15 is 4.39 Å². The molecule has 0 saturated carbocycles. The van der Waals surface area contributed by atoms with Gasteiger partial charge in [-0.15, -0.1) is 0 Å². The molecular formula is C26H26F4O4. The Morgan fingerprint density at radius 2 is 1.68 bits per heavy atom. The first kappa shape index (κ1) is 24.4. The van der Waals surface area contributed by atoms with Crippen molar-refractivity contribution in [2.75, 3.05) is 26.4 Å². The molecule has 3 aromatic rings. The largest absolute Gasteiger partial charge is 0.484 e. The van der Waals surface area contributed by atoms with Gasteiger partial charge in [0.15, 0.2) is 12.9 Å². The predicted molar refractivity (Wildman–Crippen MR) is 119 cm³/mol. The molecule has 0 aromatic heterocycles. The molecule has 8 heteroatoms. The van der Waals surface area contributed by atoms with Gasteiger partial charge in [0.25, 0.3) is 0 Å². The van der Waals surface area contributed by atoms with Gasteiger partial charge < -0.3 is 18.9 Å². The third kappa shape index (κ3) is 6.25. The second kappa shape index (κ2) is 10.7. The number of ether oxygens (including phenoxy) is 4. The number of alkyl halides is 3. The SMILES string of the molecule is CCOC1COC(c2ccc3c(F)c(CCc4ccc(OCC(F)(F)F)cc4)ccc3c2)OC1. The number of hydrogen-bond acceptors (Lipinski definition) is 4. The van der Waals surface area contributed by atoms with Crippen molar-refractivity contribution in [1.82, 2.24) is 0 Å². The summed E-state index contributed by atoms with van der Waals surface area (Å²) in [5.41, 5.74) is 2.27. The van der Waals surface area contributed by atoms with Crippen LogP contribution in [0, 0.1) is 5.82 Å². The molecule has 0 amide bonds. The van der Waals surface area contributed by atoms with E-state index in [0.29, 0.717) is 43.6 Å². The quantitative estimate of drug-likeness (QED) is 0.364. The fourth-order valence-corrected chi connectivity index (χ4v) is 3.90. The van der Waals surface area contributed by atoms with Gasteiger partial charge in [0.05, 0.1) is 13.2 Å². The maximum absolute atomic E-state index is 15.2. The van der Waals surface area contributed by atoms with Gasteiger partial charge >= 0.3 is 6.18 Å². The van der Waals surface area contributed by atoms with Crippen LogP contribution in [0.3, 0.4) is 0 Å². The lowest BCUT2D eigenvalue weighted by atomic mass is 9.99. The van der Waals surface area contributed by atoms with Gasteiger partial charge in [0.2, 0.25) is 0 Å².